The lowest BCUT2D eigenvalue weighted by atomic mass is 9.81. The molecule has 1 aromatic heterocycles. The van der Waals surface area contributed by atoms with Gasteiger partial charge in [0, 0.05) is 24.2 Å². The van der Waals surface area contributed by atoms with Crippen molar-refractivity contribution in [1.82, 2.24) is 10.3 Å². The highest BCUT2D eigenvalue weighted by molar-refractivity contribution is 5.87. The molecule has 2 atom stereocenters. The molecule has 0 bridgehead atoms. The molecule has 4 nitrogen and oxygen atoms in total. The van der Waals surface area contributed by atoms with Crippen molar-refractivity contribution >= 4 is 12.0 Å². The van der Waals surface area contributed by atoms with Crippen molar-refractivity contribution in [3.8, 4) is 5.88 Å². The lowest BCUT2D eigenvalue weighted by Gasteiger charge is -2.25. The Hall–Kier alpha value is -3.40. The predicted octanol–water partition coefficient (Wildman–Crippen LogP) is 4.61. The van der Waals surface area contributed by atoms with Gasteiger partial charge in [0.1, 0.15) is 0 Å². The summed E-state index contributed by atoms with van der Waals surface area (Å²) in [5, 5.41) is 3.13. The third kappa shape index (κ3) is 3.92. The van der Waals surface area contributed by atoms with Crippen LogP contribution >= 0.6 is 0 Å². The number of ether oxygens (including phenoxy) is 1. The number of nitrogens with zero attached hydrogens (tertiary/aromatic N) is 1. The number of aromatic nitrogens is 1. The van der Waals surface area contributed by atoms with E-state index in [-0.39, 0.29) is 17.7 Å². The molecular weight excluding hydrogens is 360 g/mol. The first-order valence-electron chi connectivity index (χ1n) is 9.77. The summed E-state index contributed by atoms with van der Waals surface area (Å²) >= 11 is 0. The van der Waals surface area contributed by atoms with Gasteiger partial charge in [0.2, 0.25) is 11.8 Å². The average Bonchev–Trinajstić information content (AvgIpc) is 3.18. The van der Waals surface area contributed by atoms with Gasteiger partial charge >= 0.3 is 0 Å². The van der Waals surface area contributed by atoms with Gasteiger partial charge in [0.15, 0.2) is 0 Å². The number of nitrogens with one attached hydrogen (secondary N) is 1. The van der Waals surface area contributed by atoms with Gasteiger partial charge in [-0.2, -0.15) is 0 Å². The van der Waals surface area contributed by atoms with E-state index in [0.29, 0.717) is 12.4 Å². The standard InChI is InChI=1S/C25H24N2O2/c1-17-20(14-15-23(27-17)29-2)24(22-13-12-19-10-6-7-11-21(19)22)25(28)26-16-18-8-4-3-5-9-18/h3-15,22,24H,16H2,1-2H3,(H,26,28). The molecule has 29 heavy (non-hydrogen) atoms. The molecule has 1 heterocycles. The van der Waals surface area contributed by atoms with E-state index in [1.165, 1.54) is 5.56 Å². The van der Waals surface area contributed by atoms with Gasteiger partial charge in [-0.25, -0.2) is 4.98 Å². The van der Waals surface area contributed by atoms with Gasteiger partial charge in [-0.15, -0.1) is 0 Å². The molecule has 0 spiro atoms. The summed E-state index contributed by atoms with van der Waals surface area (Å²) < 4.78 is 5.25. The fourth-order valence-electron chi connectivity index (χ4n) is 3.95. The normalized spacial score (nSPS) is 15.6. The number of methoxy groups -OCH3 is 1. The summed E-state index contributed by atoms with van der Waals surface area (Å²) in [7, 11) is 1.60. The molecule has 146 valence electrons. The van der Waals surface area contributed by atoms with Crippen molar-refractivity contribution in [2.24, 2.45) is 0 Å². The number of hydrogen-bond acceptors (Lipinski definition) is 3. The van der Waals surface area contributed by atoms with Gasteiger partial charge in [0.25, 0.3) is 0 Å². The lowest BCUT2D eigenvalue weighted by Crippen LogP contribution is -2.32. The number of allylic oxidation sites excluding steroid dienone is 1. The molecule has 1 N–H and O–H groups in total. The van der Waals surface area contributed by atoms with E-state index in [1.54, 1.807) is 7.11 Å². The van der Waals surface area contributed by atoms with E-state index in [2.05, 4.69) is 34.6 Å². The molecule has 0 aliphatic heterocycles. The Bertz CT molecular complexity index is 1040. The molecule has 4 heteroatoms. The van der Waals surface area contributed by atoms with Crippen LogP contribution in [0.2, 0.25) is 0 Å². The number of carbonyl (C=O) groups is 1. The number of carbonyl (C=O) groups excluding carboxylic acids is 1. The summed E-state index contributed by atoms with van der Waals surface area (Å²) in [6, 6.07) is 22.0. The minimum Gasteiger partial charge on any atom is -0.481 e. The highest BCUT2D eigenvalue weighted by Crippen LogP contribution is 2.41. The first-order chi connectivity index (χ1) is 14.2. The average molecular weight is 384 g/mol. The summed E-state index contributed by atoms with van der Waals surface area (Å²) in [6.45, 7) is 2.43. The third-order valence-corrected chi connectivity index (χ3v) is 5.43. The topological polar surface area (TPSA) is 51.2 Å². The van der Waals surface area contributed by atoms with E-state index < -0.39 is 0 Å². The van der Waals surface area contributed by atoms with Gasteiger partial charge in [-0.05, 0) is 29.2 Å². The van der Waals surface area contributed by atoms with Crippen LogP contribution in [0.4, 0.5) is 0 Å². The van der Waals surface area contributed by atoms with Crippen LogP contribution in [-0.4, -0.2) is 18.0 Å². The highest BCUT2D eigenvalue weighted by atomic mass is 16.5. The largest absolute Gasteiger partial charge is 0.481 e. The Kier molecular flexibility index (Phi) is 5.43. The number of hydrogen-bond donors (Lipinski definition) is 1. The third-order valence-electron chi connectivity index (χ3n) is 5.43. The van der Waals surface area contributed by atoms with Crippen LogP contribution in [0.25, 0.3) is 6.08 Å². The van der Waals surface area contributed by atoms with Crippen molar-refractivity contribution in [3.63, 3.8) is 0 Å². The van der Waals surface area contributed by atoms with Gasteiger partial charge in [0.05, 0.1) is 13.0 Å². The van der Waals surface area contributed by atoms with Crippen LogP contribution in [0.5, 0.6) is 5.88 Å². The van der Waals surface area contributed by atoms with E-state index in [4.69, 9.17) is 4.74 Å². The molecule has 3 aromatic rings. The summed E-state index contributed by atoms with van der Waals surface area (Å²) in [5.41, 5.74) is 5.14. The number of amides is 1. The number of rotatable bonds is 6. The minimum atomic E-state index is -0.364. The molecule has 1 aliphatic carbocycles. The minimum absolute atomic E-state index is 0.00438. The maximum atomic E-state index is 13.4. The maximum Gasteiger partial charge on any atom is 0.228 e. The van der Waals surface area contributed by atoms with Gasteiger partial charge < -0.3 is 10.1 Å². The van der Waals surface area contributed by atoms with Crippen LogP contribution in [0, 0.1) is 6.92 Å². The number of fused-ring (bicyclic) bond motifs is 1. The molecule has 1 amide bonds. The van der Waals surface area contributed by atoms with E-state index in [0.717, 1.165) is 22.4 Å². The van der Waals surface area contributed by atoms with Crippen LogP contribution in [0.1, 0.15) is 39.8 Å². The summed E-state index contributed by atoms with van der Waals surface area (Å²) in [5.74, 6) is 0.153. The zero-order valence-corrected chi connectivity index (χ0v) is 16.6. The first-order valence-corrected chi connectivity index (χ1v) is 9.77. The molecular formula is C25H24N2O2. The molecule has 0 saturated carbocycles. The number of benzene rings is 2. The van der Waals surface area contributed by atoms with E-state index in [1.807, 2.05) is 61.5 Å². The van der Waals surface area contributed by atoms with Gasteiger partial charge in [-0.3, -0.25) is 4.79 Å². The molecule has 0 radical (unpaired) electrons. The lowest BCUT2D eigenvalue weighted by molar-refractivity contribution is -0.123. The Balaban J connectivity index is 1.68. The van der Waals surface area contributed by atoms with Crippen LogP contribution in [-0.2, 0) is 11.3 Å². The Labute approximate surface area is 171 Å². The molecule has 0 fully saturated rings. The van der Waals surface area contributed by atoms with Crippen molar-refractivity contribution in [1.29, 1.82) is 0 Å². The Morgan fingerprint density at radius 2 is 1.83 bits per heavy atom. The quantitative estimate of drug-likeness (QED) is 0.675. The second kappa shape index (κ2) is 8.31. The van der Waals surface area contributed by atoms with Crippen LogP contribution < -0.4 is 10.1 Å². The van der Waals surface area contributed by atoms with E-state index >= 15 is 0 Å². The maximum absolute atomic E-state index is 13.4. The van der Waals surface area contributed by atoms with Crippen molar-refractivity contribution in [3.05, 3.63) is 101 Å². The fourth-order valence-corrected chi connectivity index (χ4v) is 3.95. The molecule has 2 aromatic carbocycles. The van der Waals surface area contributed by atoms with E-state index in [9.17, 15) is 4.79 Å². The zero-order chi connectivity index (χ0) is 20.2. The molecule has 1 aliphatic rings. The Morgan fingerprint density at radius 1 is 1.07 bits per heavy atom. The number of pyridine rings is 1. The van der Waals surface area contributed by atoms with Crippen molar-refractivity contribution in [2.45, 2.75) is 25.3 Å². The molecule has 4 rings (SSSR count). The fraction of sp³-hybridized carbons (Fsp3) is 0.200. The van der Waals surface area contributed by atoms with Crippen molar-refractivity contribution < 1.29 is 9.53 Å². The molecule has 2 unspecified atom stereocenters. The summed E-state index contributed by atoms with van der Waals surface area (Å²) in [4.78, 5) is 17.9. The van der Waals surface area contributed by atoms with Crippen LogP contribution in [0.3, 0.4) is 0 Å². The predicted molar refractivity (Wildman–Crippen MR) is 115 cm³/mol. The van der Waals surface area contributed by atoms with Crippen LogP contribution in [0.15, 0.2) is 72.8 Å². The number of aryl methyl sites for hydroxylation is 1. The Morgan fingerprint density at radius 3 is 2.59 bits per heavy atom. The second-order valence-corrected chi connectivity index (χ2v) is 7.22. The SMILES string of the molecule is COc1ccc(C(C(=O)NCc2ccccc2)C2C=Cc3ccccc32)c(C)n1. The second-order valence-electron chi connectivity index (χ2n) is 7.22. The summed E-state index contributed by atoms with van der Waals surface area (Å²) in [6.07, 6.45) is 4.23. The monoisotopic (exact) mass is 384 g/mol. The first kappa shape index (κ1) is 18.9. The zero-order valence-electron chi connectivity index (χ0n) is 16.6. The highest BCUT2D eigenvalue weighted by Gasteiger charge is 2.34. The van der Waals surface area contributed by atoms with Gasteiger partial charge in [-0.1, -0.05) is 72.8 Å². The van der Waals surface area contributed by atoms with Crippen molar-refractivity contribution in [2.75, 3.05) is 7.11 Å². The smallest absolute Gasteiger partial charge is 0.228 e. The molecule has 0 saturated heterocycles.